The Morgan fingerprint density at radius 2 is 1.89 bits per heavy atom. The maximum Gasteiger partial charge on any atom is 0.298 e. The van der Waals surface area contributed by atoms with E-state index < -0.39 is 9.75 Å². The molecule has 4 rings (SSSR count). The summed E-state index contributed by atoms with van der Waals surface area (Å²) in [7, 11) is 0. The van der Waals surface area contributed by atoms with Gasteiger partial charge in [-0.2, -0.15) is 9.36 Å². The highest BCUT2D eigenvalue weighted by Crippen LogP contribution is 2.64. The molecule has 2 aromatic rings. The summed E-state index contributed by atoms with van der Waals surface area (Å²) >= 11 is 13.7. The lowest BCUT2D eigenvalue weighted by atomic mass is 10.1. The molecule has 1 saturated heterocycles. The molecule has 8 heteroatoms. The fraction of sp³-hybridized carbons (Fsp3) is 0.550. The number of nitrogens with zero attached hydrogens (tertiary/aromatic N) is 4. The molecule has 28 heavy (non-hydrogen) atoms. The van der Waals surface area contributed by atoms with Crippen molar-refractivity contribution >= 4 is 46.8 Å². The highest BCUT2D eigenvalue weighted by Gasteiger charge is 2.66. The van der Waals surface area contributed by atoms with Gasteiger partial charge in [-0.1, -0.05) is 0 Å². The Bertz CT molecular complexity index is 908. The summed E-state index contributed by atoms with van der Waals surface area (Å²) in [4.78, 5) is 11.5. The molecule has 0 radical (unpaired) electrons. The van der Waals surface area contributed by atoms with E-state index in [9.17, 15) is 0 Å². The largest absolute Gasteiger partial charge is 0.430 e. The smallest absolute Gasteiger partial charge is 0.298 e. The number of alkyl halides is 2. The topological polar surface area (TPSA) is 50.6 Å². The molecule has 5 nitrogen and oxygen atoms in total. The minimum Gasteiger partial charge on any atom is -0.430 e. The lowest BCUT2D eigenvalue weighted by Gasteiger charge is -2.23. The Hall–Kier alpha value is -1.37. The third-order valence-corrected chi connectivity index (χ3v) is 7.30. The quantitative estimate of drug-likeness (QED) is 0.329. The van der Waals surface area contributed by atoms with Gasteiger partial charge in [0.15, 0.2) is 5.82 Å². The molecule has 0 bridgehead atoms. The molecule has 1 aromatic carbocycles. The molecule has 0 amide bonds. The van der Waals surface area contributed by atoms with Gasteiger partial charge >= 0.3 is 0 Å². The monoisotopic (exact) mass is 438 g/mol. The molecule has 1 saturated carbocycles. The first-order valence-electron chi connectivity index (χ1n) is 9.58. The van der Waals surface area contributed by atoms with Crippen LogP contribution in [0.15, 0.2) is 17.1 Å². The second kappa shape index (κ2) is 7.47. The van der Waals surface area contributed by atoms with Crippen LogP contribution in [0.5, 0.6) is 10.9 Å². The SMILES string of the molecule is Cc1cc(Oc2nc(C3(C)CC3(Cl)Cl)ns2)c(C)cc1N=CN1CCCCC1. The number of aliphatic imine (C=N–C) groups is 1. The molecule has 1 unspecified atom stereocenters. The number of halogens is 2. The van der Waals surface area contributed by atoms with Gasteiger partial charge < -0.3 is 9.64 Å². The van der Waals surface area contributed by atoms with Crippen LogP contribution in [0.3, 0.4) is 0 Å². The maximum atomic E-state index is 6.23. The average Bonchev–Trinajstić information content (AvgIpc) is 2.98. The van der Waals surface area contributed by atoms with Crippen LogP contribution < -0.4 is 4.74 Å². The molecule has 2 aliphatic rings. The lowest BCUT2D eigenvalue weighted by molar-refractivity contribution is 0.351. The Kier molecular flexibility index (Phi) is 5.31. The minimum absolute atomic E-state index is 0.397. The van der Waals surface area contributed by atoms with Crippen molar-refractivity contribution in [2.75, 3.05) is 13.1 Å². The summed E-state index contributed by atoms with van der Waals surface area (Å²) in [5.41, 5.74) is 2.64. The summed E-state index contributed by atoms with van der Waals surface area (Å²) < 4.78 is 9.62. The van der Waals surface area contributed by atoms with Crippen LogP contribution in [0.25, 0.3) is 0 Å². The van der Waals surface area contributed by atoms with Crippen molar-refractivity contribution in [1.29, 1.82) is 0 Å². The molecule has 2 heterocycles. The summed E-state index contributed by atoms with van der Waals surface area (Å²) in [5, 5.41) is 0.499. The van der Waals surface area contributed by atoms with Crippen LogP contribution in [0.2, 0.25) is 0 Å². The fourth-order valence-electron chi connectivity index (χ4n) is 3.41. The number of likely N-dealkylation sites (tertiary alicyclic amines) is 1. The fourth-order valence-corrected chi connectivity index (χ4v) is 4.78. The Morgan fingerprint density at radius 3 is 2.57 bits per heavy atom. The van der Waals surface area contributed by atoms with Gasteiger partial charge in [0.2, 0.25) is 0 Å². The van der Waals surface area contributed by atoms with E-state index in [1.165, 1.54) is 30.8 Å². The maximum absolute atomic E-state index is 6.23. The van der Waals surface area contributed by atoms with Crippen molar-refractivity contribution in [3.63, 3.8) is 0 Å². The molecular weight excluding hydrogens is 415 g/mol. The molecular formula is C20H24Cl2N4OS. The predicted molar refractivity (Wildman–Crippen MR) is 116 cm³/mol. The van der Waals surface area contributed by atoms with Crippen molar-refractivity contribution in [2.45, 2.75) is 56.2 Å². The first-order chi connectivity index (χ1) is 13.3. The van der Waals surface area contributed by atoms with E-state index in [1.807, 2.05) is 33.2 Å². The van der Waals surface area contributed by atoms with Crippen molar-refractivity contribution in [2.24, 2.45) is 4.99 Å². The van der Waals surface area contributed by atoms with E-state index in [-0.39, 0.29) is 0 Å². The number of rotatable bonds is 5. The highest BCUT2D eigenvalue weighted by atomic mass is 35.5. The Balaban J connectivity index is 1.48. The van der Waals surface area contributed by atoms with Gasteiger partial charge in [-0.05, 0) is 69.7 Å². The van der Waals surface area contributed by atoms with Crippen LogP contribution in [0.1, 0.15) is 49.6 Å². The first-order valence-corrected chi connectivity index (χ1v) is 11.1. The number of piperidine rings is 1. The first kappa shape index (κ1) is 19.9. The third-order valence-electron chi connectivity index (χ3n) is 5.60. The van der Waals surface area contributed by atoms with Crippen LogP contribution >= 0.6 is 34.7 Å². The zero-order valence-electron chi connectivity index (χ0n) is 16.3. The van der Waals surface area contributed by atoms with Crippen LogP contribution in [-0.4, -0.2) is 38.0 Å². The molecule has 1 aliphatic heterocycles. The second-order valence-electron chi connectivity index (χ2n) is 7.94. The van der Waals surface area contributed by atoms with E-state index >= 15 is 0 Å². The van der Waals surface area contributed by atoms with E-state index in [0.717, 1.165) is 35.7 Å². The van der Waals surface area contributed by atoms with Crippen LogP contribution in [0, 0.1) is 13.8 Å². The van der Waals surface area contributed by atoms with E-state index in [2.05, 4.69) is 25.3 Å². The minimum atomic E-state index is -0.786. The zero-order chi connectivity index (χ0) is 19.9. The second-order valence-corrected chi connectivity index (χ2v) is 10.1. The Morgan fingerprint density at radius 1 is 1.18 bits per heavy atom. The molecule has 1 aliphatic carbocycles. The number of ether oxygens (including phenoxy) is 1. The predicted octanol–water partition coefficient (Wildman–Crippen LogP) is 5.93. The van der Waals surface area contributed by atoms with Gasteiger partial charge in [-0.3, -0.25) is 0 Å². The standard InChI is InChI=1S/C20H24Cl2N4OS/c1-13-10-16(14(2)9-15(13)23-12-26-7-5-4-6-8-26)27-18-24-17(25-28-18)19(3)11-20(19,21)22/h9-10,12H,4-8,11H2,1-3H3. The van der Waals surface area contributed by atoms with Crippen LogP contribution in [0.4, 0.5) is 5.69 Å². The van der Waals surface area contributed by atoms with Gasteiger partial charge in [0, 0.05) is 24.6 Å². The molecule has 1 atom stereocenters. The zero-order valence-corrected chi connectivity index (χ0v) is 18.7. The van der Waals surface area contributed by atoms with E-state index in [0.29, 0.717) is 17.4 Å². The summed E-state index contributed by atoms with van der Waals surface area (Å²) in [6.45, 7) is 8.21. The normalized spacial score (nSPS) is 24.0. The number of hydrogen-bond donors (Lipinski definition) is 0. The molecule has 0 N–H and O–H groups in total. The van der Waals surface area contributed by atoms with Gasteiger partial charge in [0.25, 0.3) is 5.19 Å². The summed E-state index contributed by atoms with van der Waals surface area (Å²) in [6, 6.07) is 4.06. The van der Waals surface area contributed by atoms with Crippen molar-refractivity contribution in [3.05, 3.63) is 29.1 Å². The molecule has 2 fully saturated rings. The summed E-state index contributed by atoms with van der Waals surface area (Å²) in [6.07, 6.45) is 6.43. The van der Waals surface area contributed by atoms with E-state index in [4.69, 9.17) is 27.9 Å². The number of aryl methyl sites for hydroxylation is 2. The average molecular weight is 439 g/mol. The van der Waals surface area contributed by atoms with Gasteiger partial charge in [-0.25, -0.2) is 4.99 Å². The molecule has 1 aromatic heterocycles. The Labute approximate surface area is 179 Å². The van der Waals surface area contributed by atoms with Crippen molar-refractivity contribution in [3.8, 4) is 10.9 Å². The molecule has 150 valence electrons. The van der Waals surface area contributed by atoms with Crippen molar-refractivity contribution in [1.82, 2.24) is 14.3 Å². The lowest BCUT2D eigenvalue weighted by Crippen LogP contribution is -2.28. The summed E-state index contributed by atoms with van der Waals surface area (Å²) in [5.74, 6) is 1.41. The van der Waals surface area contributed by atoms with Gasteiger partial charge in [-0.15, -0.1) is 23.2 Å². The van der Waals surface area contributed by atoms with Gasteiger partial charge in [0.1, 0.15) is 10.1 Å². The highest BCUT2D eigenvalue weighted by molar-refractivity contribution is 7.07. The van der Waals surface area contributed by atoms with Crippen molar-refractivity contribution < 1.29 is 4.74 Å². The number of benzene rings is 1. The third kappa shape index (κ3) is 3.87. The number of aromatic nitrogens is 2. The number of hydrogen-bond acceptors (Lipinski definition) is 5. The van der Waals surface area contributed by atoms with Crippen LogP contribution in [-0.2, 0) is 5.41 Å². The van der Waals surface area contributed by atoms with E-state index in [1.54, 1.807) is 0 Å². The van der Waals surface area contributed by atoms with Gasteiger partial charge in [0.05, 0.1) is 17.4 Å². The molecule has 0 spiro atoms.